The Morgan fingerprint density at radius 2 is 2.38 bits per heavy atom. The van der Waals surface area contributed by atoms with Crippen molar-refractivity contribution in [3.63, 3.8) is 0 Å². The number of carbonyl (C=O) groups excluding carboxylic acids is 1. The van der Waals surface area contributed by atoms with Crippen LogP contribution in [0.4, 0.5) is 0 Å². The molecule has 0 bridgehead atoms. The van der Waals surface area contributed by atoms with Gasteiger partial charge in [-0.3, -0.25) is 4.79 Å². The van der Waals surface area contributed by atoms with Crippen LogP contribution in [0.15, 0.2) is 0 Å². The lowest BCUT2D eigenvalue weighted by Gasteiger charge is -2.20. The Balaban J connectivity index is 1.76. The van der Waals surface area contributed by atoms with Crippen LogP contribution in [-0.4, -0.2) is 49.7 Å². The molecule has 2 aliphatic heterocycles. The lowest BCUT2D eigenvalue weighted by Crippen LogP contribution is -2.42. The number of nitrogens with zero attached hydrogens (tertiary/aromatic N) is 1. The average Bonchev–Trinajstić information content (AvgIpc) is 2.96. The molecular formula is C12H22N2O2. The van der Waals surface area contributed by atoms with E-state index in [0.717, 1.165) is 52.1 Å². The molecule has 1 amide bonds. The fraction of sp³-hybridized carbons (Fsp3) is 0.917. The topological polar surface area (TPSA) is 41.6 Å². The van der Waals surface area contributed by atoms with Gasteiger partial charge in [0, 0.05) is 25.6 Å². The maximum Gasteiger partial charge on any atom is 0.239 e. The summed E-state index contributed by atoms with van der Waals surface area (Å²) >= 11 is 0. The van der Waals surface area contributed by atoms with Gasteiger partial charge in [0.05, 0.1) is 12.6 Å². The molecule has 0 unspecified atom stereocenters. The fourth-order valence-electron chi connectivity index (χ4n) is 2.57. The Hall–Kier alpha value is -0.610. The van der Waals surface area contributed by atoms with Gasteiger partial charge in [-0.1, -0.05) is 0 Å². The smallest absolute Gasteiger partial charge is 0.239 e. The summed E-state index contributed by atoms with van der Waals surface area (Å²) in [6, 6.07) is 0.0887. The fourth-order valence-corrected chi connectivity index (χ4v) is 2.57. The summed E-state index contributed by atoms with van der Waals surface area (Å²) in [5, 5.41) is 3.27. The summed E-state index contributed by atoms with van der Waals surface area (Å²) < 4.78 is 5.42. The van der Waals surface area contributed by atoms with E-state index in [-0.39, 0.29) is 6.04 Å². The summed E-state index contributed by atoms with van der Waals surface area (Å²) in [6.45, 7) is 6.38. The Morgan fingerprint density at radius 1 is 1.50 bits per heavy atom. The molecule has 2 rings (SSSR count). The van der Waals surface area contributed by atoms with Gasteiger partial charge in [0.1, 0.15) is 0 Å². The number of hydrogen-bond acceptors (Lipinski definition) is 3. The van der Waals surface area contributed by atoms with E-state index >= 15 is 0 Å². The largest absolute Gasteiger partial charge is 0.381 e. The summed E-state index contributed by atoms with van der Waals surface area (Å²) in [4.78, 5) is 14.1. The molecule has 0 saturated carbocycles. The predicted molar refractivity (Wildman–Crippen MR) is 62.2 cm³/mol. The van der Waals surface area contributed by atoms with Crippen LogP contribution in [0.25, 0.3) is 0 Å². The van der Waals surface area contributed by atoms with Crippen LogP contribution in [0, 0.1) is 5.92 Å². The molecule has 16 heavy (non-hydrogen) atoms. The van der Waals surface area contributed by atoms with E-state index in [4.69, 9.17) is 4.74 Å². The van der Waals surface area contributed by atoms with E-state index in [0.29, 0.717) is 11.8 Å². The van der Waals surface area contributed by atoms with E-state index < -0.39 is 0 Å². The standard InChI is InChI=1S/C12H22N2O2/c1-2-16-9-10-5-7-14(8-10)12(15)11-4-3-6-13-11/h10-11,13H,2-9H2,1H3/t10-,11-/m0/s1. The summed E-state index contributed by atoms with van der Waals surface area (Å²) in [6.07, 6.45) is 3.23. The average molecular weight is 226 g/mol. The molecule has 0 aromatic heterocycles. The van der Waals surface area contributed by atoms with Crippen molar-refractivity contribution in [2.45, 2.75) is 32.2 Å². The zero-order valence-corrected chi connectivity index (χ0v) is 10.1. The van der Waals surface area contributed by atoms with Crippen molar-refractivity contribution < 1.29 is 9.53 Å². The molecule has 2 heterocycles. The number of carbonyl (C=O) groups is 1. The first-order chi connectivity index (χ1) is 7.81. The van der Waals surface area contributed by atoms with E-state index in [1.54, 1.807) is 0 Å². The van der Waals surface area contributed by atoms with Crippen LogP contribution < -0.4 is 5.32 Å². The lowest BCUT2D eigenvalue weighted by atomic mass is 10.1. The van der Waals surface area contributed by atoms with Gasteiger partial charge >= 0.3 is 0 Å². The molecule has 0 aliphatic carbocycles. The van der Waals surface area contributed by atoms with Gasteiger partial charge in [-0.2, -0.15) is 0 Å². The Labute approximate surface area is 97.3 Å². The Bertz CT molecular complexity index is 239. The quantitative estimate of drug-likeness (QED) is 0.764. The lowest BCUT2D eigenvalue weighted by molar-refractivity contribution is -0.132. The highest BCUT2D eigenvalue weighted by Crippen LogP contribution is 2.19. The van der Waals surface area contributed by atoms with Crippen molar-refractivity contribution in [2.24, 2.45) is 5.92 Å². The molecule has 2 saturated heterocycles. The van der Waals surface area contributed by atoms with Crippen LogP contribution >= 0.6 is 0 Å². The maximum atomic E-state index is 12.1. The first kappa shape index (κ1) is 11.9. The van der Waals surface area contributed by atoms with Crippen molar-refractivity contribution in [1.82, 2.24) is 10.2 Å². The van der Waals surface area contributed by atoms with E-state index in [2.05, 4.69) is 5.32 Å². The SMILES string of the molecule is CCOC[C@H]1CCN(C(=O)[C@@H]2CCCN2)C1. The molecular weight excluding hydrogens is 204 g/mol. The minimum Gasteiger partial charge on any atom is -0.381 e. The van der Waals surface area contributed by atoms with Crippen LogP contribution in [0.2, 0.25) is 0 Å². The van der Waals surface area contributed by atoms with Crippen LogP contribution in [0.5, 0.6) is 0 Å². The van der Waals surface area contributed by atoms with Crippen molar-refractivity contribution in [1.29, 1.82) is 0 Å². The maximum absolute atomic E-state index is 12.1. The second kappa shape index (κ2) is 5.64. The number of likely N-dealkylation sites (tertiary alicyclic amines) is 1. The Kier molecular flexibility index (Phi) is 4.18. The van der Waals surface area contributed by atoms with Gasteiger partial charge in [0.25, 0.3) is 0 Å². The molecule has 92 valence electrons. The van der Waals surface area contributed by atoms with Crippen LogP contribution in [0.1, 0.15) is 26.2 Å². The first-order valence-corrected chi connectivity index (χ1v) is 6.41. The molecule has 2 fully saturated rings. The molecule has 0 radical (unpaired) electrons. The van der Waals surface area contributed by atoms with Gasteiger partial charge in [0.2, 0.25) is 5.91 Å². The van der Waals surface area contributed by atoms with Gasteiger partial charge in [-0.15, -0.1) is 0 Å². The second-order valence-electron chi connectivity index (χ2n) is 4.75. The molecule has 0 spiro atoms. The highest BCUT2D eigenvalue weighted by atomic mass is 16.5. The number of hydrogen-bond donors (Lipinski definition) is 1. The van der Waals surface area contributed by atoms with Crippen LogP contribution in [-0.2, 0) is 9.53 Å². The monoisotopic (exact) mass is 226 g/mol. The Morgan fingerprint density at radius 3 is 3.06 bits per heavy atom. The highest BCUT2D eigenvalue weighted by Gasteiger charge is 2.31. The van der Waals surface area contributed by atoms with Gasteiger partial charge in [-0.05, 0) is 32.7 Å². The molecule has 2 aliphatic rings. The molecule has 4 heteroatoms. The molecule has 2 atom stereocenters. The minimum atomic E-state index is 0.0887. The molecule has 1 N–H and O–H groups in total. The van der Waals surface area contributed by atoms with E-state index in [1.807, 2.05) is 11.8 Å². The minimum absolute atomic E-state index is 0.0887. The van der Waals surface area contributed by atoms with E-state index in [1.165, 1.54) is 0 Å². The van der Waals surface area contributed by atoms with Crippen molar-refractivity contribution in [2.75, 3.05) is 32.8 Å². The predicted octanol–water partition coefficient (Wildman–Crippen LogP) is 0.623. The van der Waals surface area contributed by atoms with Crippen molar-refractivity contribution >= 4 is 5.91 Å². The number of ether oxygens (including phenoxy) is 1. The van der Waals surface area contributed by atoms with Gasteiger partial charge in [0.15, 0.2) is 0 Å². The molecule has 0 aromatic rings. The van der Waals surface area contributed by atoms with Crippen molar-refractivity contribution in [3.05, 3.63) is 0 Å². The zero-order valence-electron chi connectivity index (χ0n) is 10.1. The normalized spacial score (nSPS) is 29.9. The third-order valence-electron chi connectivity index (χ3n) is 3.51. The third-order valence-corrected chi connectivity index (χ3v) is 3.51. The number of amides is 1. The highest BCUT2D eigenvalue weighted by molar-refractivity contribution is 5.82. The zero-order chi connectivity index (χ0) is 11.4. The van der Waals surface area contributed by atoms with Gasteiger partial charge < -0.3 is 15.0 Å². The summed E-state index contributed by atoms with van der Waals surface area (Å²) in [5.74, 6) is 0.849. The van der Waals surface area contributed by atoms with Gasteiger partial charge in [-0.25, -0.2) is 0 Å². The molecule has 0 aromatic carbocycles. The summed E-state index contributed by atoms with van der Waals surface area (Å²) in [5.41, 5.74) is 0. The third kappa shape index (κ3) is 2.74. The first-order valence-electron chi connectivity index (χ1n) is 6.41. The summed E-state index contributed by atoms with van der Waals surface area (Å²) in [7, 11) is 0. The van der Waals surface area contributed by atoms with Crippen molar-refractivity contribution in [3.8, 4) is 0 Å². The number of nitrogens with one attached hydrogen (secondary N) is 1. The van der Waals surface area contributed by atoms with E-state index in [9.17, 15) is 4.79 Å². The molecule has 4 nitrogen and oxygen atoms in total. The number of rotatable bonds is 4. The second-order valence-corrected chi connectivity index (χ2v) is 4.75. The van der Waals surface area contributed by atoms with Crippen LogP contribution in [0.3, 0.4) is 0 Å².